The summed E-state index contributed by atoms with van der Waals surface area (Å²) in [4.78, 5) is 12.2. The maximum atomic E-state index is 12.2. The summed E-state index contributed by atoms with van der Waals surface area (Å²) in [5, 5.41) is 3.81. The van der Waals surface area contributed by atoms with Gasteiger partial charge in [-0.1, -0.05) is 37.6 Å². The summed E-state index contributed by atoms with van der Waals surface area (Å²) in [7, 11) is 0. The van der Waals surface area contributed by atoms with Gasteiger partial charge in [0.15, 0.2) is 0 Å². The fourth-order valence-electron chi connectivity index (χ4n) is 2.23. The molecule has 1 N–H and O–H groups in total. The molecule has 2 rings (SSSR count). The number of nitrogens with one attached hydrogen (secondary N) is 1. The van der Waals surface area contributed by atoms with Gasteiger partial charge in [0.2, 0.25) is 0 Å². The Morgan fingerprint density at radius 3 is 2.67 bits per heavy atom. The smallest absolute Gasteiger partial charge is 0.270 e. The summed E-state index contributed by atoms with van der Waals surface area (Å²) >= 11 is 5.94. The van der Waals surface area contributed by atoms with Gasteiger partial charge in [-0.2, -0.15) is 0 Å². The third-order valence-electron chi connectivity index (χ3n) is 2.99. The molecule has 4 heteroatoms. The van der Waals surface area contributed by atoms with Crippen LogP contribution >= 0.6 is 11.6 Å². The van der Waals surface area contributed by atoms with Crippen LogP contribution in [0, 0.1) is 6.92 Å². The van der Waals surface area contributed by atoms with E-state index in [1.165, 1.54) is 0 Å². The molecule has 0 unspecified atom stereocenters. The summed E-state index contributed by atoms with van der Waals surface area (Å²) in [6.45, 7) is 6.51. The maximum absolute atomic E-state index is 12.2. The van der Waals surface area contributed by atoms with Gasteiger partial charge in [-0.25, -0.2) is 4.68 Å². The van der Waals surface area contributed by atoms with E-state index in [0.717, 1.165) is 16.8 Å². The first kappa shape index (κ1) is 13.0. The maximum Gasteiger partial charge on any atom is 0.270 e. The second-order valence-corrected chi connectivity index (χ2v) is 5.26. The lowest BCUT2D eigenvalue weighted by Gasteiger charge is -2.02. The van der Waals surface area contributed by atoms with E-state index in [1.54, 1.807) is 4.68 Å². The standard InChI is InChI=1S/C14H17ClN2O/c1-9(2)13-10(3)16-17(14(13)18)8-11-5-4-6-12(15)7-11/h4-7,9,16H,8H2,1-3H3. The van der Waals surface area contributed by atoms with Crippen molar-refractivity contribution in [2.24, 2.45) is 0 Å². The number of benzene rings is 1. The van der Waals surface area contributed by atoms with Gasteiger partial charge < -0.3 is 0 Å². The normalized spacial score (nSPS) is 11.2. The molecule has 0 bridgehead atoms. The van der Waals surface area contributed by atoms with Crippen LogP contribution in [0.1, 0.15) is 36.6 Å². The lowest BCUT2D eigenvalue weighted by atomic mass is 10.1. The first-order valence-electron chi connectivity index (χ1n) is 6.02. The van der Waals surface area contributed by atoms with Crippen molar-refractivity contribution in [3.05, 3.63) is 56.5 Å². The Kier molecular flexibility index (Phi) is 3.62. The number of H-pyrrole nitrogens is 1. The van der Waals surface area contributed by atoms with Gasteiger partial charge in [-0.3, -0.25) is 9.89 Å². The highest BCUT2D eigenvalue weighted by molar-refractivity contribution is 6.30. The Bertz CT molecular complexity index is 610. The number of aromatic nitrogens is 2. The number of halogens is 1. The molecule has 1 aromatic heterocycles. The van der Waals surface area contributed by atoms with E-state index in [4.69, 9.17) is 11.6 Å². The molecule has 0 amide bonds. The molecule has 2 aromatic rings. The average molecular weight is 265 g/mol. The molecule has 0 fully saturated rings. The molecular formula is C14H17ClN2O. The second-order valence-electron chi connectivity index (χ2n) is 4.83. The quantitative estimate of drug-likeness (QED) is 0.907. The van der Waals surface area contributed by atoms with Crippen molar-refractivity contribution in [3.63, 3.8) is 0 Å². The van der Waals surface area contributed by atoms with Gasteiger partial charge in [0.05, 0.1) is 6.54 Å². The van der Waals surface area contributed by atoms with E-state index in [-0.39, 0.29) is 11.5 Å². The zero-order valence-corrected chi connectivity index (χ0v) is 11.6. The zero-order chi connectivity index (χ0) is 13.3. The van der Waals surface area contributed by atoms with E-state index < -0.39 is 0 Å². The molecule has 0 radical (unpaired) electrons. The van der Waals surface area contributed by atoms with E-state index in [2.05, 4.69) is 5.10 Å². The molecule has 0 spiro atoms. The number of hydrogen-bond acceptors (Lipinski definition) is 1. The fraction of sp³-hybridized carbons (Fsp3) is 0.357. The molecule has 18 heavy (non-hydrogen) atoms. The molecule has 3 nitrogen and oxygen atoms in total. The predicted molar refractivity (Wildman–Crippen MR) is 74.4 cm³/mol. The minimum absolute atomic E-state index is 0.0578. The summed E-state index contributed by atoms with van der Waals surface area (Å²) in [5.41, 5.74) is 2.87. The Hall–Kier alpha value is -1.48. The number of nitrogens with zero attached hydrogens (tertiary/aromatic N) is 1. The van der Waals surface area contributed by atoms with Crippen molar-refractivity contribution in [2.75, 3.05) is 0 Å². The van der Waals surface area contributed by atoms with E-state index in [0.29, 0.717) is 11.6 Å². The highest BCUT2D eigenvalue weighted by atomic mass is 35.5. The van der Waals surface area contributed by atoms with Gasteiger partial charge in [-0.15, -0.1) is 0 Å². The van der Waals surface area contributed by atoms with Crippen LogP contribution in [0.4, 0.5) is 0 Å². The topological polar surface area (TPSA) is 37.8 Å². The van der Waals surface area contributed by atoms with Crippen LogP contribution in [-0.2, 0) is 6.54 Å². The van der Waals surface area contributed by atoms with Gasteiger partial charge in [-0.05, 0) is 30.5 Å². The van der Waals surface area contributed by atoms with Crippen molar-refractivity contribution in [1.82, 2.24) is 9.78 Å². The minimum atomic E-state index is 0.0578. The fourth-order valence-corrected chi connectivity index (χ4v) is 2.44. The van der Waals surface area contributed by atoms with Crippen LogP contribution in [0.15, 0.2) is 29.1 Å². The largest absolute Gasteiger partial charge is 0.299 e. The van der Waals surface area contributed by atoms with E-state index in [1.807, 2.05) is 45.0 Å². The van der Waals surface area contributed by atoms with Crippen molar-refractivity contribution < 1.29 is 0 Å². The van der Waals surface area contributed by atoms with Crippen LogP contribution in [0.25, 0.3) is 0 Å². The molecule has 0 saturated carbocycles. The Balaban J connectivity index is 2.36. The SMILES string of the molecule is Cc1[nH]n(Cc2cccc(Cl)c2)c(=O)c1C(C)C. The lowest BCUT2D eigenvalue weighted by Crippen LogP contribution is -2.20. The summed E-state index contributed by atoms with van der Waals surface area (Å²) in [6.07, 6.45) is 0. The number of hydrogen-bond donors (Lipinski definition) is 1. The van der Waals surface area contributed by atoms with E-state index in [9.17, 15) is 4.79 Å². The molecule has 1 heterocycles. The zero-order valence-electron chi connectivity index (χ0n) is 10.8. The first-order chi connectivity index (χ1) is 8.49. The van der Waals surface area contributed by atoms with Crippen LogP contribution in [-0.4, -0.2) is 9.78 Å². The molecule has 0 aliphatic carbocycles. The van der Waals surface area contributed by atoms with Crippen molar-refractivity contribution in [1.29, 1.82) is 0 Å². The third kappa shape index (κ3) is 2.51. The van der Waals surface area contributed by atoms with E-state index >= 15 is 0 Å². The van der Waals surface area contributed by atoms with Gasteiger partial charge >= 0.3 is 0 Å². The Morgan fingerprint density at radius 2 is 2.11 bits per heavy atom. The minimum Gasteiger partial charge on any atom is -0.299 e. The van der Waals surface area contributed by atoms with Gasteiger partial charge in [0.1, 0.15) is 0 Å². The Labute approximate surface area is 111 Å². The van der Waals surface area contributed by atoms with Crippen molar-refractivity contribution in [2.45, 2.75) is 33.2 Å². The number of aryl methyl sites for hydroxylation is 1. The van der Waals surface area contributed by atoms with Crippen molar-refractivity contribution >= 4 is 11.6 Å². The van der Waals surface area contributed by atoms with Gasteiger partial charge in [0.25, 0.3) is 5.56 Å². The second kappa shape index (κ2) is 5.02. The summed E-state index contributed by atoms with van der Waals surface area (Å²) < 4.78 is 1.64. The van der Waals surface area contributed by atoms with Crippen LogP contribution in [0.5, 0.6) is 0 Å². The molecule has 0 aliphatic rings. The predicted octanol–water partition coefficient (Wildman–Crippen LogP) is 3.31. The summed E-state index contributed by atoms with van der Waals surface area (Å²) in [6, 6.07) is 7.55. The third-order valence-corrected chi connectivity index (χ3v) is 3.22. The molecular weight excluding hydrogens is 248 g/mol. The molecule has 96 valence electrons. The molecule has 0 saturated heterocycles. The highest BCUT2D eigenvalue weighted by Gasteiger charge is 2.14. The first-order valence-corrected chi connectivity index (χ1v) is 6.40. The monoisotopic (exact) mass is 264 g/mol. The molecule has 0 atom stereocenters. The summed E-state index contributed by atoms with van der Waals surface area (Å²) in [5.74, 6) is 0.231. The van der Waals surface area contributed by atoms with Gasteiger partial charge in [0, 0.05) is 16.3 Å². The number of aromatic amines is 1. The highest BCUT2D eigenvalue weighted by Crippen LogP contribution is 2.15. The van der Waals surface area contributed by atoms with Crippen LogP contribution in [0.3, 0.4) is 0 Å². The van der Waals surface area contributed by atoms with Crippen LogP contribution < -0.4 is 5.56 Å². The average Bonchev–Trinajstić information content (AvgIpc) is 2.54. The van der Waals surface area contributed by atoms with Crippen molar-refractivity contribution in [3.8, 4) is 0 Å². The number of rotatable bonds is 3. The lowest BCUT2D eigenvalue weighted by molar-refractivity contribution is 0.655. The van der Waals surface area contributed by atoms with Crippen LogP contribution in [0.2, 0.25) is 5.02 Å². The molecule has 1 aromatic carbocycles. The Morgan fingerprint density at radius 1 is 1.39 bits per heavy atom. The molecule has 0 aliphatic heterocycles.